The Hall–Kier alpha value is -0.476. The number of aliphatic hydroxyl groups is 1. The van der Waals surface area contributed by atoms with E-state index >= 15 is 0 Å². The molecule has 1 amide bonds. The first-order valence-electron chi connectivity index (χ1n) is 11.4. The van der Waals surface area contributed by atoms with Crippen molar-refractivity contribution in [2.45, 2.75) is 122 Å². The molecule has 0 aromatic rings. The zero-order valence-corrected chi connectivity index (χ0v) is 23.4. The Morgan fingerprint density at radius 3 is 1.93 bits per heavy atom. The third-order valence-electron chi connectivity index (χ3n) is 7.37. The second-order valence-corrected chi connectivity index (χ2v) is 21.3. The van der Waals surface area contributed by atoms with Crippen molar-refractivity contribution in [1.82, 2.24) is 4.90 Å². The third-order valence-corrected chi connectivity index (χ3v) is 16.3. The Morgan fingerprint density at radius 1 is 1.07 bits per heavy atom. The summed E-state index contributed by atoms with van der Waals surface area (Å²) in [5, 5.41) is 11.8. The van der Waals surface area contributed by atoms with Crippen molar-refractivity contribution in [3.05, 3.63) is 12.7 Å². The van der Waals surface area contributed by atoms with Gasteiger partial charge in [-0.1, -0.05) is 61.0 Å². The summed E-state index contributed by atoms with van der Waals surface area (Å²) in [4.78, 5) is 15.1. The molecule has 0 aromatic carbocycles. The van der Waals surface area contributed by atoms with Crippen molar-refractivity contribution < 1.29 is 18.8 Å². The van der Waals surface area contributed by atoms with E-state index in [2.05, 4.69) is 81.2 Å². The molecule has 176 valence electrons. The first-order valence-corrected chi connectivity index (χ1v) is 17.2. The van der Waals surface area contributed by atoms with Crippen LogP contribution in [0.2, 0.25) is 36.3 Å². The van der Waals surface area contributed by atoms with Crippen LogP contribution in [-0.4, -0.2) is 57.0 Å². The van der Waals surface area contributed by atoms with Crippen molar-refractivity contribution in [1.29, 1.82) is 0 Å². The highest BCUT2D eigenvalue weighted by molar-refractivity contribution is 6.74. The van der Waals surface area contributed by atoms with Crippen LogP contribution in [0.3, 0.4) is 0 Å². The van der Waals surface area contributed by atoms with E-state index in [1.54, 1.807) is 11.0 Å². The molecule has 30 heavy (non-hydrogen) atoms. The monoisotopic (exact) mass is 457 g/mol. The van der Waals surface area contributed by atoms with Crippen molar-refractivity contribution in [3.63, 3.8) is 0 Å². The minimum Gasteiger partial charge on any atom is -0.406 e. The summed E-state index contributed by atoms with van der Waals surface area (Å²) in [5.74, 6) is -0.179. The molecule has 0 aromatic heterocycles. The quantitative estimate of drug-likeness (QED) is 0.358. The molecule has 1 saturated heterocycles. The zero-order valence-electron chi connectivity index (χ0n) is 21.4. The number of rotatable bonds is 9. The fraction of sp³-hybridized carbons (Fsp3) is 0.870. The van der Waals surface area contributed by atoms with Crippen LogP contribution in [0, 0.1) is 0 Å². The Balaban J connectivity index is 3.53. The summed E-state index contributed by atoms with van der Waals surface area (Å²) >= 11 is 0. The lowest BCUT2D eigenvalue weighted by molar-refractivity contribution is -0.158. The Kier molecular flexibility index (Phi) is 8.43. The van der Waals surface area contributed by atoms with Gasteiger partial charge in [0.25, 0.3) is 5.91 Å². The van der Waals surface area contributed by atoms with Gasteiger partial charge in [-0.15, -0.1) is 6.58 Å². The molecule has 1 rings (SSSR count). The molecule has 1 unspecified atom stereocenters. The SMILES string of the molecule is C=CCN1C(=O)[C@@H](O[Si](C)(C)C(C)(C)C)[C@H](O[Si](C)(C)C(C)(C)C)C1(O)CCCC. The highest BCUT2D eigenvalue weighted by atomic mass is 28.4. The second-order valence-electron chi connectivity index (χ2n) is 11.8. The third kappa shape index (κ3) is 5.47. The molecule has 3 atom stereocenters. The molecule has 1 fully saturated rings. The maximum absolute atomic E-state index is 13.6. The van der Waals surface area contributed by atoms with E-state index in [-0.39, 0.29) is 22.5 Å². The van der Waals surface area contributed by atoms with E-state index in [4.69, 9.17) is 8.85 Å². The van der Waals surface area contributed by atoms with Crippen LogP contribution in [0.15, 0.2) is 12.7 Å². The van der Waals surface area contributed by atoms with E-state index in [0.717, 1.165) is 12.8 Å². The topological polar surface area (TPSA) is 59.0 Å². The molecule has 5 nitrogen and oxygen atoms in total. The molecule has 0 spiro atoms. The molecule has 0 aliphatic carbocycles. The minimum atomic E-state index is -2.27. The van der Waals surface area contributed by atoms with E-state index in [1.807, 2.05) is 0 Å². The van der Waals surface area contributed by atoms with E-state index in [0.29, 0.717) is 6.42 Å². The van der Waals surface area contributed by atoms with E-state index < -0.39 is 34.6 Å². The van der Waals surface area contributed by atoms with E-state index in [1.165, 1.54) is 0 Å². The predicted octanol–water partition coefficient (Wildman–Crippen LogP) is 5.67. The summed E-state index contributed by atoms with van der Waals surface area (Å²) < 4.78 is 13.4. The van der Waals surface area contributed by atoms with Crippen LogP contribution < -0.4 is 0 Å². The number of amides is 1. The lowest BCUT2D eigenvalue weighted by Crippen LogP contribution is -2.58. The summed E-state index contributed by atoms with van der Waals surface area (Å²) in [6.45, 7) is 27.8. The highest BCUT2D eigenvalue weighted by Gasteiger charge is 2.62. The molecule has 1 aliphatic heterocycles. The summed E-state index contributed by atoms with van der Waals surface area (Å²) in [7, 11) is -4.54. The van der Waals surface area contributed by atoms with Gasteiger partial charge < -0.3 is 18.9 Å². The van der Waals surface area contributed by atoms with Crippen LogP contribution in [-0.2, 0) is 13.6 Å². The largest absolute Gasteiger partial charge is 0.406 e. The molecule has 1 N–H and O–H groups in total. The first-order chi connectivity index (χ1) is 13.4. The lowest BCUT2D eigenvalue weighted by Gasteiger charge is -2.45. The van der Waals surface area contributed by atoms with Gasteiger partial charge in [-0.2, -0.15) is 0 Å². The number of likely N-dealkylation sites (tertiary alicyclic amines) is 1. The number of carbonyl (C=O) groups is 1. The predicted molar refractivity (Wildman–Crippen MR) is 131 cm³/mol. The van der Waals surface area contributed by atoms with Gasteiger partial charge in [0.2, 0.25) is 0 Å². The molecular weight excluding hydrogens is 410 g/mol. The Bertz CT molecular complexity index is 622. The average molecular weight is 458 g/mol. The molecule has 1 heterocycles. The first kappa shape index (κ1) is 27.6. The van der Waals surface area contributed by atoms with Crippen molar-refractivity contribution in [2.75, 3.05) is 6.54 Å². The van der Waals surface area contributed by atoms with Crippen molar-refractivity contribution in [3.8, 4) is 0 Å². The maximum atomic E-state index is 13.6. The normalized spacial score (nSPS) is 26.4. The van der Waals surface area contributed by atoms with Gasteiger partial charge in [0.1, 0.15) is 6.10 Å². The van der Waals surface area contributed by atoms with E-state index in [9.17, 15) is 9.90 Å². The van der Waals surface area contributed by atoms with Crippen LogP contribution in [0.1, 0.15) is 67.7 Å². The average Bonchev–Trinajstić information content (AvgIpc) is 2.74. The zero-order chi connectivity index (χ0) is 23.8. The Labute approximate surface area is 187 Å². The van der Waals surface area contributed by atoms with Crippen LogP contribution in [0.5, 0.6) is 0 Å². The molecule has 0 radical (unpaired) electrons. The van der Waals surface area contributed by atoms with Crippen LogP contribution in [0.4, 0.5) is 0 Å². The van der Waals surface area contributed by atoms with Crippen LogP contribution >= 0.6 is 0 Å². The van der Waals surface area contributed by atoms with Crippen molar-refractivity contribution >= 4 is 22.5 Å². The molecule has 7 heteroatoms. The number of unbranched alkanes of at least 4 members (excludes halogenated alkanes) is 1. The van der Waals surface area contributed by atoms with Crippen molar-refractivity contribution in [2.24, 2.45) is 0 Å². The fourth-order valence-corrected chi connectivity index (χ4v) is 5.73. The second kappa shape index (κ2) is 9.18. The van der Waals surface area contributed by atoms with Gasteiger partial charge in [-0.05, 0) is 49.1 Å². The Morgan fingerprint density at radius 2 is 1.53 bits per heavy atom. The lowest BCUT2D eigenvalue weighted by atomic mass is 9.99. The number of hydrogen-bond acceptors (Lipinski definition) is 4. The van der Waals surface area contributed by atoms with Gasteiger partial charge in [0, 0.05) is 6.54 Å². The summed E-state index contributed by atoms with van der Waals surface area (Å²) in [6, 6.07) is 0. The highest BCUT2D eigenvalue weighted by Crippen LogP contribution is 2.46. The number of carbonyl (C=O) groups excluding carboxylic acids is 1. The summed E-state index contributed by atoms with van der Waals surface area (Å²) in [6.07, 6.45) is 2.39. The molecule has 1 aliphatic rings. The van der Waals surface area contributed by atoms with Gasteiger partial charge in [0.15, 0.2) is 28.5 Å². The smallest absolute Gasteiger partial charge is 0.255 e. The molecule has 0 saturated carbocycles. The fourth-order valence-electron chi connectivity index (χ4n) is 3.22. The minimum absolute atomic E-state index is 0.0465. The van der Waals surface area contributed by atoms with Gasteiger partial charge in [-0.3, -0.25) is 4.79 Å². The van der Waals surface area contributed by atoms with Gasteiger partial charge in [-0.25, -0.2) is 0 Å². The van der Waals surface area contributed by atoms with Gasteiger partial charge >= 0.3 is 0 Å². The summed E-state index contributed by atoms with van der Waals surface area (Å²) in [5.41, 5.74) is -1.39. The van der Waals surface area contributed by atoms with Crippen LogP contribution in [0.25, 0.3) is 0 Å². The van der Waals surface area contributed by atoms with Gasteiger partial charge in [0.05, 0.1) is 0 Å². The number of nitrogens with zero attached hydrogens (tertiary/aromatic N) is 1. The maximum Gasteiger partial charge on any atom is 0.255 e. The molecule has 0 bridgehead atoms. The standard InChI is InChI=1S/C23H47NO4Si2/c1-13-15-16-23(26)19(28-30(11,12)22(6,7)8)18(20(25)24(23)17-14-2)27-29(9,10)21(3,4)5/h14,18-19,26H,2,13,15-17H2,1,3-12H3/t18-,19-,23?/m0/s1. The number of hydrogen-bond donors (Lipinski definition) is 1. The molecular formula is C23H47NO4Si2.